The molecule has 0 aromatic carbocycles. The molecule has 0 aliphatic carbocycles. The summed E-state index contributed by atoms with van der Waals surface area (Å²) < 4.78 is 31.3. The molecule has 0 spiro atoms. The predicted octanol–water partition coefficient (Wildman–Crippen LogP) is 1.90. The van der Waals surface area contributed by atoms with Crippen LogP contribution >= 0.6 is 0 Å². The number of hydrogen-bond donors (Lipinski definition) is 0. The molecule has 1 aliphatic heterocycles. The van der Waals surface area contributed by atoms with Crippen molar-refractivity contribution in [3.8, 4) is 0 Å². The van der Waals surface area contributed by atoms with Crippen LogP contribution in [0.5, 0.6) is 0 Å². The Labute approximate surface area is 107 Å². The molecule has 100 valence electrons. The fourth-order valence-electron chi connectivity index (χ4n) is 2.29. The van der Waals surface area contributed by atoms with E-state index in [1.54, 1.807) is 0 Å². The zero-order valence-electron chi connectivity index (χ0n) is 10.5. The molecule has 5 nitrogen and oxygen atoms in total. The van der Waals surface area contributed by atoms with Gasteiger partial charge >= 0.3 is 0 Å². The third-order valence-electron chi connectivity index (χ3n) is 3.60. The number of nitrogens with zero attached hydrogens (tertiary/aromatic N) is 1. The Hall–Kier alpha value is -1.14. The minimum Gasteiger partial charge on any atom is -0.440 e. The minimum atomic E-state index is -3.63. The van der Waals surface area contributed by atoms with Gasteiger partial charge in [-0.1, -0.05) is 6.92 Å². The average molecular weight is 271 g/mol. The van der Waals surface area contributed by atoms with E-state index in [1.165, 1.54) is 16.4 Å². The summed E-state index contributed by atoms with van der Waals surface area (Å²) >= 11 is 0. The van der Waals surface area contributed by atoms with E-state index in [0.717, 1.165) is 12.8 Å². The molecule has 1 fully saturated rings. The lowest BCUT2D eigenvalue weighted by atomic mass is 9.94. The third kappa shape index (κ3) is 2.22. The maximum absolute atomic E-state index is 12.4. The first-order valence-electron chi connectivity index (χ1n) is 6.03. The second-order valence-corrected chi connectivity index (χ2v) is 6.57. The summed E-state index contributed by atoms with van der Waals surface area (Å²) in [7, 11) is -3.63. The first kappa shape index (κ1) is 13.3. The molecule has 1 saturated heterocycles. The van der Waals surface area contributed by atoms with Gasteiger partial charge in [-0.3, -0.25) is 4.79 Å². The first-order chi connectivity index (χ1) is 8.46. The highest BCUT2D eigenvalue weighted by Crippen LogP contribution is 2.29. The molecule has 0 bridgehead atoms. The number of sulfonamides is 1. The van der Waals surface area contributed by atoms with Crippen LogP contribution in [-0.2, 0) is 10.0 Å². The third-order valence-corrected chi connectivity index (χ3v) is 5.46. The molecule has 2 unspecified atom stereocenters. The second-order valence-electron chi connectivity index (χ2n) is 4.75. The van der Waals surface area contributed by atoms with Crippen molar-refractivity contribution in [1.82, 2.24) is 4.31 Å². The van der Waals surface area contributed by atoms with E-state index in [9.17, 15) is 13.2 Å². The van der Waals surface area contributed by atoms with Crippen LogP contribution in [0.25, 0.3) is 0 Å². The van der Waals surface area contributed by atoms with Crippen molar-refractivity contribution in [3.05, 3.63) is 17.9 Å². The van der Waals surface area contributed by atoms with Crippen LogP contribution in [0.15, 0.2) is 21.6 Å². The second kappa shape index (κ2) is 4.85. The van der Waals surface area contributed by atoms with Crippen molar-refractivity contribution in [2.75, 3.05) is 6.54 Å². The fraction of sp³-hybridized carbons (Fsp3) is 0.583. The Morgan fingerprint density at radius 2 is 2.11 bits per heavy atom. The Bertz CT molecular complexity index is 534. The van der Waals surface area contributed by atoms with E-state index in [0.29, 0.717) is 18.7 Å². The van der Waals surface area contributed by atoms with Crippen molar-refractivity contribution < 1.29 is 17.6 Å². The number of furan rings is 1. The minimum absolute atomic E-state index is 0.0336. The highest BCUT2D eigenvalue weighted by atomic mass is 32.2. The molecule has 2 atom stereocenters. The van der Waals surface area contributed by atoms with Crippen LogP contribution in [0, 0.1) is 5.92 Å². The molecule has 1 aromatic heterocycles. The van der Waals surface area contributed by atoms with Crippen LogP contribution in [-0.4, -0.2) is 31.6 Å². The van der Waals surface area contributed by atoms with Crippen molar-refractivity contribution in [1.29, 1.82) is 0 Å². The van der Waals surface area contributed by atoms with E-state index in [1.807, 2.05) is 13.8 Å². The standard InChI is InChI=1S/C12H17NO4S/c1-9-4-3-7-13(10(9)2)18(15,16)12-6-5-11(8-14)17-12/h5-6,8-10H,3-4,7H2,1-2H3. The number of carbonyl (C=O) groups is 1. The van der Waals surface area contributed by atoms with Gasteiger partial charge in [0, 0.05) is 12.6 Å². The number of aldehydes is 1. The summed E-state index contributed by atoms with van der Waals surface area (Å²) in [6.45, 7) is 4.46. The van der Waals surface area contributed by atoms with Crippen molar-refractivity contribution in [2.24, 2.45) is 5.92 Å². The lowest BCUT2D eigenvalue weighted by Gasteiger charge is -2.36. The average Bonchev–Trinajstić information content (AvgIpc) is 2.81. The largest absolute Gasteiger partial charge is 0.440 e. The highest BCUT2D eigenvalue weighted by molar-refractivity contribution is 7.89. The van der Waals surface area contributed by atoms with Gasteiger partial charge in [0.05, 0.1) is 0 Å². The van der Waals surface area contributed by atoms with E-state index < -0.39 is 10.0 Å². The Kier molecular flexibility index (Phi) is 3.59. The lowest BCUT2D eigenvalue weighted by molar-refractivity contribution is 0.109. The van der Waals surface area contributed by atoms with Crippen molar-refractivity contribution >= 4 is 16.3 Å². The molecule has 0 saturated carbocycles. The van der Waals surface area contributed by atoms with Gasteiger partial charge in [-0.25, -0.2) is 8.42 Å². The summed E-state index contributed by atoms with van der Waals surface area (Å²) in [4.78, 5) is 10.5. The van der Waals surface area contributed by atoms with Crippen LogP contribution in [0.4, 0.5) is 0 Å². The summed E-state index contributed by atoms with van der Waals surface area (Å²) in [6, 6.07) is 2.66. The Balaban J connectivity index is 2.32. The van der Waals surface area contributed by atoms with Crippen molar-refractivity contribution in [3.63, 3.8) is 0 Å². The summed E-state index contributed by atoms with van der Waals surface area (Å²) in [6.07, 6.45) is 2.39. The fourth-order valence-corrected chi connectivity index (χ4v) is 3.98. The molecular weight excluding hydrogens is 254 g/mol. The molecule has 1 aliphatic rings. The number of piperidine rings is 1. The normalized spacial score (nSPS) is 26.1. The molecular formula is C12H17NO4S. The molecule has 2 heterocycles. The first-order valence-corrected chi connectivity index (χ1v) is 7.47. The van der Waals surface area contributed by atoms with Crippen LogP contribution < -0.4 is 0 Å². The molecule has 1 aromatic rings. The van der Waals surface area contributed by atoms with Crippen molar-refractivity contribution in [2.45, 2.75) is 37.8 Å². The van der Waals surface area contributed by atoms with Gasteiger partial charge in [-0.2, -0.15) is 4.31 Å². The quantitative estimate of drug-likeness (QED) is 0.787. The predicted molar refractivity (Wildman–Crippen MR) is 65.8 cm³/mol. The molecule has 18 heavy (non-hydrogen) atoms. The molecule has 0 N–H and O–H groups in total. The Morgan fingerprint density at radius 3 is 2.72 bits per heavy atom. The topological polar surface area (TPSA) is 67.6 Å². The van der Waals surface area contributed by atoms with Gasteiger partial charge < -0.3 is 4.42 Å². The van der Waals surface area contributed by atoms with Crippen LogP contribution in [0.2, 0.25) is 0 Å². The molecule has 0 radical (unpaired) electrons. The summed E-state index contributed by atoms with van der Waals surface area (Å²) in [5.74, 6) is 0.361. The zero-order chi connectivity index (χ0) is 13.3. The summed E-state index contributed by atoms with van der Waals surface area (Å²) in [5, 5.41) is -0.148. The van der Waals surface area contributed by atoms with E-state index >= 15 is 0 Å². The van der Waals surface area contributed by atoms with E-state index in [4.69, 9.17) is 4.42 Å². The molecule has 2 rings (SSSR count). The zero-order valence-corrected chi connectivity index (χ0v) is 11.3. The maximum atomic E-state index is 12.4. The maximum Gasteiger partial charge on any atom is 0.276 e. The molecule has 0 amide bonds. The van der Waals surface area contributed by atoms with Gasteiger partial charge in [-0.05, 0) is 37.8 Å². The lowest BCUT2D eigenvalue weighted by Crippen LogP contribution is -2.45. The van der Waals surface area contributed by atoms with Gasteiger partial charge in [0.25, 0.3) is 10.0 Å². The van der Waals surface area contributed by atoms with Gasteiger partial charge in [0.1, 0.15) is 0 Å². The van der Waals surface area contributed by atoms with E-state index in [-0.39, 0.29) is 16.9 Å². The van der Waals surface area contributed by atoms with Gasteiger partial charge in [-0.15, -0.1) is 0 Å². The van der Waals surface area contributed by atoms with Gasteiger partial charge in [0.15, 0.2) is 12.0 Å². The smallest absolute Gasteiger partial charge is 0.276 e. The SMILES string of the molecule is CC1CCCN(S(=O)(=O)c2ccc(C=O)o2)C1C. The highest BCUT2D eigenvalue weighted by Gasteiger charge is 2.36. The number of carbonyl (C=O) groups excluding carboxylic acids is 1. The van der Waals surface area contributed by atoms with Gasteiger partial charge in [0.2, 0.25) is 5.09 Å². The van der Waals surface area contributed by atoms with E-state index in [2.05, 4.69) is 0 Å². The number of rotatable bonds is 3. The summed E-state index contributed by atoms with van der Waals surface area (Å²) in [5.41, 5.74) is 0. The monoisotopic (exact) mass is 271 g/mol. The van der Waals surface area contributed by atoms with Crippen LogP contribution in [0.3, 0.4) is 0 Å². The Morgan fingerprint density at radius 1 is 1.39 bits per heavy atom. The number of hydrogen-bond acceptors (Lipinski definition) is 4. The van der Waals surface area contributed by atoms with Crippen LogP contribution in [0.1, 0.15) is 37.2 Å². The molecule has 6 heteroatoms.